The van der Waals surface area contributed by atoms with Crippen molar-refractivity contribution in [3.8, 4) is 11.1 Å². The minimum atomic E-state index is -1.03. The van der Waals surface area contributed by atoms with Crippen LogP contribution in [-0.2, 0) is 42.9 Å². The number of fused-ring (bicyclic) bond motifs is 3. The lowest BCUT2D eigenvalue weighted by atomic mass is 9.98. The van der Waals surface area contributed by atoms with E-state index >= 15 is 0 Å². The molecule has 2 aromatic rings. The highest BCUT2D eigenvalue weighted by atomic mass is 32.2. The number of thioether (sulfide) groups is 1. The Morgan fingerprint density at radius 3 is 1.72 bits per heavy atom. The van der Waals surface area contributed by atoms with Crippen LogP contribution in [0.2, 0.25) is 0 Å². The van der Waals surface area contributed by atoms with Crippen molar-refractivity contribution in [3.05, 3.63) is 59.7 Å². The maximum Gasteiger partial charge on any atom is 0.407 e. The van der Waals surface area contributed by atoms with Gasteiger partial charge in [-0.1, -0.05) is 172 Å². The van der Waals surface area contributed by atoms with E-state index in [2.05, 4.69) is 48.7 Å². The lowest BCUT2D eigenvalue weighted by molar-refractivity contribution is -0.161. The van der Waals surface area contributed by atoms with Gasteiger partial charge in [-0.2, -0.15) is 11.8 Å². The van der Waals surface area contributed by atoms with Crippen LogP contribution in [0.3, 0.4) is 0 Å². The van der Waals surface area contributed by atoms with E-state index < -0.39 is 23.8 Å². The number of hydrogen-bond acceptors (Lipinski definition) is 11. The number of ether oxygens (including phenoxy) is 5. The van der Waals surface area contributed by atoms with Crippen LogP contribution in [-0.4, -0.2) is 92.1 Å². The first-order valence-electron chi connectivity index (χ1n) is 26.1. The first-order chi connectivity index (χ1) is 33.0. The fourth-order valence-corrected chi connectivity index (χ4v) is 9.24. The van der Waals surface area contributed by atoms with Crippen molar-refractivity contribution in [2.75, 3.05) is 44.5 Å². The zero-order valence-corrected chi connectivity index (χ0v) is 43.2. The molecule has 0 spiro atoms. The predicted octanol–water partition coefficient (Wildman–Crippen LogP) is 12.2. The maximum absolute atomic E-state index is 12.9. The molecule has 2 unspecified atom stereocenters. The zero-order valence-electron chi connectivity index (χ0n) is 42.3. The van der Waals surface area contributed by atoms with Crippen molar-refractivity contribution >= 4 is 41.7 Å². The van der Waals surface area contributed by atoms with Gasteiger partial charge in [-0.15, -0.1) is 0 Å². The van der Waals surface area contributed by atoms with Gasteiger partial charge in [0.15, 0.2) is 0 Å². The van der Waals surface area contributed by atoms with E-state index in [1.807, 2.05) is 31.2 Å². The van der Waals surface area contributed by atoms with Gasteiger partial charge in [0.25, 0.3) is 0 Å². The van der Waals surface area contributed by atoms with Gasteiger partial charge in [-0.3, -0.25) is 14.4 Å². The van der Waals surface area contributed by atoms with Gasteiger partial charge in [0.1, 0.15) is 31.5 Å². The summed E-state index contributed by atoms with van der Waals surface area (Å²) in [5.74, 6) is -0.499. The van der Waals surface area contributed by atoms with E-state index in [0.717, 1.165) is 60.8 Å². The number of rotatable bonds is 39. The van der Waals surface area contributed by atoms with Gasteiger partial charge in [0.2, 0.25) is 5.91 Å². The van der Waals surface area contributed by atoms with Gasteiger partial charge in [0, 0.05) is 36.7 Å². The van der Waals surface area contributed by atoms with Crippen molar-refractivity contribution in [2.45, 2.75) is 200 Å². The minimum Gasteiger partial charge on any atom is -0.462 e. The first-order valence-corrected chi connectivity index (χ1v) is 27.2. The number of carbonyl (C=O) groups excluding carboxylic acids is 5. The SMILES string of the molecule is CCCCCCCCCCCC(=O)OCC(CSCCC(=O)NC(CC)COCC(=O)OC(C)(C)CNC(=O)OCC1c2ccccc2-c2ccccc21)OC(=O)CCCCCCCCCCC. The van der Waals surface area contributed by atoms with Gasteiger partial charge in [0.05, 0.1) is 19.2 Å². The summed E-state index contributed by atoms with van der Waals surface area (Å²) in [5, 5.41) is 5.69. The monoisotopic (exact) mass is 967 g/mol. The smallest absolute Gasteiger partial charge is 0.407 e. The Morgan fingerprint density at radius 2 is 1.16 bits per heavy atom. The quantitative estimate of drug-likeness (QED) is 0.0373. The molecule has 382 valence electrons. The highest BCUT2D eigenvalue weighted by Crippen LogP contribution is 2.44. The maximum atomic E-state index is 12.9. The zero-order chi connectivity index (χ0) is 49.2. The summed E-state index contributed by atoms with van der Waals surface area (Å²) in [4.78, 5) is 63.8. The van der Waals surface area contributed by atoms with Gasteiger partial charge < -0.3 is 34.3 Å². The number of hydrogen-bond donors (Lipinski definition) is 2. The summed E-state index contributed by atoms with van der Waals surface area (Å²) >= 11 is 1.47. The van der Waals surface area contributed by atoms with E-state index in [9.17, 15) is 24.0 Å². The Hall–Kier alpha value is -4.10. The Morgan fingerprint density at radius 1 is 0.632 bits per heavy atom. The lowest BCUT2D eigenvalue weighted by Crippen LogP contribution is -2.43. The molecule has 2 aromatic carbocycles. The Kier molecular flexibility index (Phi) is 30.0. The summed E-state index contributed by atoms with van der Waals surface area (Å²) < 4.78 is 28.3. The van der Waals surface area contributed by atoms with Crippen LogP contribution in [0.4, 0.5) is 4.79 Å². The Bertz CT molecular complexity index is 1710. The number of esters is 3. The average Bonchev–Trinajstić information content (AvgIpc) is 3.64. The standard InChI is InChI=1S/C55H86N2O10S/c1-6-9-11-13-15-17-19-21-23-33-51(59)64-38-44(66-52(60)34-24-22-20-18-16-14-12-10-7-2)41-68-36-35-50(58)57-43(8-3)37-63-40-53(61)67-55(4,5)42-56-54(62)65-39-49-47-31-27-25-29-45(47)46-30-26-28-32-48(46)49/h25-32,43-44,49H,6-24,33-42H2,1-5H3,(H,56,62)(H,57,58). The number of alkyl carbamates (subject to hydrolysis) is 1. The van der Waals surface area contributed by atoms with E-state index in [0.29, 0.717) is 30.8 Å². The van der Waals surface area contributed by atoms with Crippen molar-refractivity contribution in [3.63, 3.8) is 0 Å². The van der Waals surface area contributed by atoms with Crippen LogP contribution in [0.1, 0.15) is 193 Å². The highest BCUT2D eigenvalue weighted by molar-refractivity contribution is 7.99. The van der Waals surface area contributed by atoms with Crippen LogP contribution in [0.25, 0.3) is 11.1 Å². The van der Waals surface area contributed by atoms with Gasteiger partial charge >= 0.3 is 24.0 Å². The normalized spacial score (nSPS) is 13.0. The van der Waals surface area contributed by atoms with E-state index in [1.54, 1.807) is 13.8 Å². The number of amides is 2. The molecule has 0 aliphatic heterocycles. The molecule has 12 nitrogen and oxygen atoms in total. The second-order valence-electron chi connectivity index (χ2n) is 18.9. The van der Waals surface area contributed by atoms with Crippen LogP contribution >= 0.6 is 11.8 Å². The van der Waals surface area contributed by atoms with Crippen LogP contribution in [0.15, 0.2) is 48.5 Å². The van der Waals surface area contributed by atoms with Gasteiger partial charge in [-0.25, -0.2) is 9.59 Å². The number of unbranched alkanes of at least 4 members (excludes halogenated alkanes) is 16. The Balaban J connectivity index is 1.32. The summed E-state index contributed by atoms with van der Waals surface area (Å²) in [6.07, 6.45) is 21.2. The van der Waals surface area contributed by atoms with Gasteiger partial charge in [-0.05, 0) is 55.4 Å². The molecule has 2 atom stereocenters. The van der Waals surface area contributed by atoms with E-state index in [-0.39, 0.29) is 69.2 Å². The molecule has 0 saturated heterocycles. The molecule has 3 rings (SSSR count). The summed E-state index contributed by atoms with van der Waals surface area (Å²) in [6.45, 7) is 9.76. The van der Waals surface area contributed by atoms with E-state index in [1.165, 1.54) is 88.8 Å². The van der Waals surface area contributed by atoms with Crippen molar-refractivity contribution < 1.29 is 47.7 Å². The van der Waals surface area contributed by atoms with Crippen molar-refractivity contribution in [1.82, 2.24) is 10.6 Å². The third-order valence-corrected chi connectivity index (χ3v) is 13.4. The molecule has 0 heterocycles. The molecule has 0 aromatic heterocycles. The molecule has 2 N–H and O–H groups in total. The number of nitrogens with one attached hydrogen (secondary N) is 2. The topological polar surface area (TPSA) is 156 Å². The number of carbonyl (C=O) groups is 5. The average molecular weight is 967 g/mol. The Labute approximate surface area is 413 Å². The summed E-state index contributed by atoms with van der Waals surface area (Å²) in [7, 11) is 0. The molecule has 1 aliphatic carbocycles. The molecule has 2 amide bonds. The molecule has 13 heteroatoms. The molecule has 68 heavy (non-hydrogen) atoms. The second-order valence-corrected chi connectivity index (χ2v) is 20.0. The molecular formula is C55H86N2O10S. The van der Waals surface area contributed by atoms with E-state index in [4.69, 9.17) is 23.7 Å². The fraction of sp³-hybridized carbons (Fsp3) is 0.691. The van der Waals surface area contributed by atoms with Crippen LogP contribution in [0.5, 0.6) is 0 Å². The van der Waals surface area contributed by atoms with Crippen molar-refractivity contribution in [1.29, 1.82) is 0 Å². The van der Waals surface area contributed by atoms with Crippen LogP contribution < -0.4 is 10.6 Å². The summed E-state index contributed by atoms with van der Waals surface area (Å²) in [5.41, 5.74) is 3.50. The summed E-state index contributed by atoms with van der Waals surface area (Å²) in [6, 6.07) is 15.9. The second kappa shape index (κ2) is 35.1. The van der Waals surface area contributed by atoms with Crippen LogP contribution in [0, 0.1) is 0 Å². The highest BCUT2D eigenvalue weighted by Gasteiger charge is 2.30. The molecule has 0 fully saturated rings. The molecule has 0 bridgehead atoms. The molecule has 1 aliphatic rings. The molecule has 0 radical (unpaired) electrons. The van der Waals surface area contributed by atoms with Crippen molar-refractivity contribution in [2.24, 2.45) is 0 Å². The molecular weight excluding hydrogens is 881 g/mol. The third kappa shape index (κ3) is 25.0. The first kappa shape index (κ1) is 58.2. The number of benzene rings is 2. The fourth-order valence-electron chi connectivity index (χ4n) is 8.31. The minimum absolute atomic E-state index is 0.00288. The lowest BCUT2D eigenvalue weighted by Gasteiger charge is -2.25. The largest absolute Gasteiger partial charge is 0.462 e. The third-order valence-electron chi connectivity index (χ3n) is 12.3. The predicted molar refractivity (Wildman–Crippen MR) is 273 cm³/mol. The molecule has 0 saturated carbocycles.